The predicted molar refractivity (Wildman–Crippen MR) is 79.8 cm³/mol. The molecule has 1 unspecified atom stereocenters. The molecule has 0 heterocycles. The first-order valence-corrected chi connectivity index (χ1v) is 6.94. The zero-order valence-electron chi connectivity index (χ0n) is 12.3. The number of hydrogen-bond acceptors (Lipinski definition) is 2. The van der Waals surface area contributed by atoms with Crippen LogP contribution in [-0.2, 0) is 11.2 Å². The summed E-state index contributed by atoms with van der Waals surface area (Å²) in [4.78, 5) is 12.1. The average molecular weight is 262 g/mol. The summed E-state index contributed by atoms with van der Waals surface area (Å²) in [5.74, 6) is -0.0101. The van der Waals surface area contributed by atoms with Gasteiger partial charge in [-0.15, -0.1) is 0 Å². The Kier molecular flexibility index (Phi) is 6.03. The SMILES string of the molecule is CC(C)(C)CC(CN)C(=O)NCCc1ccccc1. The van der Waals surface area contributed by atoms with Crippen LogP contribution in [0.15, 0.2) is 30.3 Å². The molecule has 0 fully saturated rings. The van der Waals surface area contributed by atoms with E-state index in [4.69, 9.17) is 5.73 Å². The number of rotatable bonds is 6. The number of carbonyl (C=O) groups is 1. The summed E-state index contributed by atoms with van der Waals surface area (Å²) in [6.45, 7) is 7.48. The van der Waals surface area contributed by atoms with Crippen molar-refractivity contribution < 1.29 is 4.79 Å². The molecule has 0 bridgehead atoms. The van der Waals surface area contributed by atoms with Gasteiger partial charge < -0.3 is 11.1 Å². The van der Waals surface area contributed by atoms with Crippen LogP contribution in [0, 0.1) is 11.3 Å². The molecule has 1 aromatic carbocycles. The van der Waals surface area contributed by atoms with Gasteiger partial charge in [-0.2, -0.15) is 0 Å². The highest BCUT2D eigenvalue weighted by atomic mass is 16.1. The first kappa shape index (κ1) is 15.7. The summed E-state index contributed by atoms with van der Waals surface area (Å²) < 4.78 is 0. The number of amides is 1. The lowest BCUT2D eigenvalue weighted by Gasteiger charge is -2.24. The molecular formula is C16H26N2O. The lowest BCUT2D eigenvalue weighted by Crippen LogP contribution is -2.38. The van der Waals surface area contributed by atoms with Crippen molar-refractivity contribution >= 4 is 5.91 Å². The molecule has 106 valence electrons. The molecule has 3 N–H and O–H groups in total. The summed E-state index contributed by atoms with van der Waals surface area (Å²) in [6, 6.07) is 10.2. The van der Waals surface area contributed by atoms with Gasteiger partial charge in [-0.05, 0) is 23.8 Å². The zero-order chi connectivity index (χ0) is 14.3. The van der Waals surface area contributed by atoms with E-state index in [-0.39, 0.29) is 17.2 Å². The van der Waals surface area contributed by atoms with Crippen LogP contribution in [0.2, 0.25) is 0 Å². The Morgan fingerprint density at radius 1 is 1.26 bits per heavy atom. The van der Waals surface area contributed by atoms with Crippen LogP contribution in [-0.4, -0.2) is 19.0 Å². The van der Waals surface area contributed by atoms with Gasteiger partial charge in [-0.3, -0.25) is 4.79 Å². The highest BCUT2D eigenvalue weighted by molar-refractivity contribution is 5.78. The fourth-order valence-corrected chi connectivity index (χ4v) is 2.14. The maximum Gasteiger partial charge on any atom is 0.224 e. The number of hydrogen-bond donors (Lipinski definition) is 2. The van der Waals surface area contributed by atoms with Crippen molar-refractivity contribution in [3.63, 3.8) is 0 Å². The largest absolute Gasteiger partial charge is 0.355 e. The molecule has 1 rings (SSSR count). The van der Waals surface area contributed by atoms with Crippen LogP contribution >= 0.6 is 0 Å². The van der Waals surface area contributed by atoms with Gasteiger partial charge in [-0.1, -0.05) is 51.1 Å². The second-order valence-electron chi connectivity index (χ2n) is 6.22. The van der Waals surface area contributed by atoms with E-state index in [1.807, 2.05) is 18.2 Å². The van der Waals surface area contributed by atoms with Crippen LogP contribution in [0.5, 0.6) is 0 Å². The topological polar surface area (TPSA) is 55.1 Å². The Hall–Kier alpha value is -1.35. The van der Waals surface area contributed by atoms with Crippen molar-refractivity contribution in [2.45, 2.75) is 33.6 Å². The van der Waals surface area contributed by atoms with Gasteiger partial charge >= 0.3 is 0 Å². The third-order valence-electron chi connectivity index (χ3n) is 3.07. The lowest BCUT2D eigenvalue weighted by atomic mass is 9.84. The van der Waals surface area contributed by atoms with E-state index >= 15 is 0 Å². The van der Waals surface area contributed by atoms with Gasteiger partial charge in [0.15, 0.2) is 0 Å². The summed E-state index contributed by atoms with van der Waals surface area (Å²) in [6.07, 6.45) is 1.68. The normalized spacial score (nSPS) is 13.1. The summed E-state index contributed by atoms with van der Waals surface area (Å²) in [5.41, 5.74) is 7.07. The number of nitrogens with one attached hydrogen (secondary N) is 1. The van der Waals surface area contributed by atoms with E-state index in [1.54, 1.807) is 0 Å². The van der Waals surface area contributed by atoms with Crippen LogP contribution in [0.4, 0.5) is 0 Å². The van der Waals surface area contributed by atoms with Crippen molar-refractivity contribution in [1.29, 1.82) is 0 Å². The third kappa shape index (κ3) is 6.39. The van der Waals surface area contributed by atoms with Crippen molar-refractivity contribution in [2.24, 2.45) is 17.1 Å². The lowest BCUT2D eigenvalue weighted by molar-refractivity contribution is -0.125. The molecular weight excluding hydrogens is 236 g/mol. The summed E-state index contributed by atoms with van der Waals surface area (Å²) >= 11 is 0. The smallest absolute Gasteiger partial charge is 0.224 e. The molecule has 1 aromatic rings. The number of benzene rings is 1. The van der Waals surface area contributed by atoms with Crippen LogP contribution in [0.1, 0.15) is 32.8 Å². The Morgan fingerprint density at radius 3 is 2.42 bits per heavy atom. The average Bonchev–Trinajstić information content (AvgIpc) is 2.36. The maximum atomic E-state index is 12.1. The first-order valence-electron chi connectivity index (χ1n) is 6.94. The molecule has 0 aliphatic carbocycles. The second kappa shape index (κ2) is 7.29. The second-order valence-corrected chi connectivity index (χ2v) is 6.22. The molecule has 0 aliphatic rings. The molecule has 0 aliphatic heterocycles. The molecule has 3 nitrogen and oxygen atoms in total. The van der Waals surface area contributed by atoms with Gasteiger partial charge in [0.25, 0.3) is 0 Å². The molecule has 0 radical (unpaired) electrons. The fraction of sp³-hybridized carbons (Fsp3) is 0.562. The van der Waals surface area contributed by atoms with Crippen LogP contribution in [0.3, 0.4) is 0 Å². The van der Waals surface area contributed by atoms with E-state index in [9.17, 15) is 4.79 Å². The monoisotopic (exact) mass is 262 g/mol. The van der Waals surface area contributed by atoms with Crippen molar-refractivity contribution in [2.75, 3.05) is 13.1 Å². The molecule has 3 heteroatoms. The molecule has 1 atom stereocenters. The van der Waals surface area contributed by atoms with Gasteiger partial charge in [0, 0.05) is 13.1 Å². The summed E-state index contributed by atoms with van der Waals surface area (Å²) in [5, 5.41) is 2.99. The fourth-order valence-electron chi connectivity index (χ4n) is 2.14. The summed E-state index contributed by atoms with van der Waals surface area (Å²) in [7, 11) is 0. The Balaban J connectivity index is 2.37. The van der Waals surface area contributed by atoms with Gasteiger partial charge in [-0.25, -0.2) is 0 Å². The van der Waals surface area contributed by atoms with E-state index in [2.05, 4.69) is 38.2 Å². The minimum atomic E-state index is -0.0872. The van der Waals surface area contributed by atoms with Crippen molar-refractivity contribution in [3.8, 4) is 0 Å². The third-order valence-corrected chi connectivity index (χ3v) is 3.07. The predicted octanol–water partition coefficient (Wildman–Crippen LogP) is 2.36. The van der Waals surface area contributed by atoms with E-state index in [0.29, 0.717) is 13.1 Å². The molecule has 0 spiro atoms. The minimum absolute atomic E-state index is 0.0772. The molecule has 1 amide bonds. The molecule has 0 saturated heterocycles. The molecule has 19 heavy (non-hydrogen) atoms. The highest BCUT2D eigenvalue weighted by Crippen LogP contribution is 2.23. The van der Waals surface area contributed by atoms with E-state index in [1.165, 1.54) is 5.56 Å². The zero-order valence-corrected chi connectivity index (χ0v) is 12.3. The Bertz CT molecular complexity index is 381. The maximum absolute atomic E-state index is 12.1. The first-order chi connectivity index (χ1) is 8.92. The molecule has 0 aromatic heterocycles. The number of carbonyl (C=O) groups excluding carboxylic acids is 1. The van der Waals surface area contributed by atoms with Gasteiger partial charge in [0.2, 0.25) is 5.91 Å². The highest BCUT2D eigenvalue weighted by Gasteiger charge is 2.23. The quantitative estimate of drug-likeness (QED) is 0.827. The minimum Gasteiger partial charge on any atom is -0.355 e. The van der Waals surface area contributed by atoms with Crippen molar-refractivity contribution in [1.82, 2.24) is 5.32 Å². The van der Waals surface area contributed by atoms with Crippen LogP contribution in [0.25, 0.3) is 0 Å². The van der Waals surface area contributed by atoms with E-state index in [0.717, 1.165) is 12.8 Å². The number of nitrogens with two attached hydrogens (primary N) is 1. The van der Waals surface area contributed by atoms with E-state index < -0.39 is 0 Å². The van der Waals surface area contributed by atoms with Gasteiger partial charge in [0.1, 0.15) is 0 Å². The Labute approximate surface area is 116 Å². The van der Waals surface area contributed by atoms with Gasteiger partial charge in [0.05, 0.1) is 5.92 Å². The Morgan fingerprint density at radius 2 is 1.89 bits per heavy atom. The standard InChI is InChI=1S/C16H26N2O/c1-16(2,3)11-14(12-17)15(19)18-10-9-13-7-5-4-6-8-13/h4-8,14H,9-12,17H2,1-3H3,(H,18,19). The van der Waals surface area contributed by atoms with Crippen molar-refractivity contribution in [3.05, 3.63) is 35.9 Å². The van der Waals surface area contributed by atoms with Crippen LogP contribution < -0.4 is 11.1 Å². The molecule has 0 saturated carbocycles.